The van der Waals surface area contributed by atoms with Crippen molar-refractivity contribution in [3.05, 3.63) is 101 Å². The van der Waals surface area contributed by atoms with Gasteiger partial charge in [0.1, 0.15) is 11.6 Å². The fourth-order valence-corrected chi connectivity index (χ4v) is 4.98. The number of piperidine rings is 1. The second kappa shape index (κ2) is 10.2. The normalized spacial score (nSPS) is 18.1. The van der Waals surface area contributed by atoms with Crippen molar-refractivity contribution in [1.29, 1.82) is 0 Å². The molecule has 6 heteroatoms. The minimum Gasteiger partial charge on any atom is -0.331 e. The quantitative estimate of drug-likeness (QED) is 0.437. The van der Waals surface area contributed by atoms with Gasteiger partial charge in [-0.25, -0.2) is 8.78 Å². The number of carbonyl (C=O) groups excluding carboxylic acids is 2. The molecule has 36 heavy (non-hydrogen) atoms. The largest absolute Gasteiger partial charge is 0.331 e. The van der Waals surface area contributed by atoms with Gasteiger partial charge in [-0.05, 0) is 60.1 Å². The Morgan fingerprint density at radius 1 is 0.972 bits per heavy atom. The highest BCUT2D eigenvalue weighted by atomic mass is 19.1. The molecule has 2 amide bonds. The van der Waals surface area contributed by atoms with E-state index in [4.69, 9.17) is 0 Å². The molecule has 1 saturated heterocycles. The van der Waals surface area contributed by atoms with E-state index in [1.165, 1.54) is 6.92 Å². The van der Waals surface area contributed by atoms with Gasteiger partial charge in [-0.1, -0.05) is 63.2 Å². The van der Waals surface area contributed by atoms with Crippen LogP contribution in [0.5, 0.6) is 0 Å². The van der Waals surface area contributed by atoms with Crippen molar-refractivity contribution in [2.45, 2.75) is 52.0 Å². The van der Waals surface area contributed by atoms with Gasteiger partial charge in [0, 0.05) is 18.3 Å². The van der Waals surface area contributed by atoms with Gasteiger partial charge in [-0.3, -0.25) is 9.59 Å². The van der Waals surface area contributed by atoms with Crippen LogP contribution in [-0.2, 0) is 10.2 Å². The summed E-state index contributed by atoms with van der Waals surface area (Å²) in [5.41, 5.74) is 2.60. The number of benzene rings is 3. The monoisotopic (exact) mass is 490 g/mol. The Morgan fingerprint density at radius 2 is 1.69 bits per heavy atom. The van der Waals surface area contributed by atoms with Gasteiger partial charge < -0.3 is 10.2 Å². The van der Waals surface area contributed by atoms with Crippen LogP contribution in [0.2, 0.25) is 0 Å². The Labute approximate surface area is 211 Å². The highest BCUT2D eigenvalue weighted by molar-refractivity contribution is 5.98. The molecule has 1 aliphatic heterocycles. The summed E-state index contributed by atoms with van der Waals surface area (Å²) in [6.45, 7) is 8.23. The Hall–Kier alpha value is -3.54. The summed E-state index contributed by atoms with van der Waals surface area (Å²) in [6, 6.07) is 18.4. The molecule has 1 unspecified atom stereocenters. The van der Waals surface area contributed by atoms with Crippen molar-refractivity contribution in [2.75, 3.05) is 11.9 Å². The molecule has 0 saturated carbocycles. The molecule has 2 atom stereocenters. The van der Waals surface area contributed by atoms with E-state index in [9.17, 15) is 18.4 Å². The van der Waals surface area contributed by atoms with E-state index in [1.54, 1.807) is 4.90 Å². The van der Waals surface area contributed by atoms with Crippen LogP contribution in [0.1, 0.15) is 66.7 Å². The van der Waals surface area contributed by atoms with Crippen molar-refractivity contribution in [3.8, 4) is 0 Å². The van der Waals surface area contributed by atoms with Crippen molar-refractivity contribution in [3.63, 3.8) is 0 Å². The molecule has 1 fully saturated rings. The maximum atomic E-state index is 14.8. The Kier molecular flexibility index (Phi) is 7.25. The van der Waals surface area contributed by atoms with Crippen LogP contribution < -0.4 is 5.32 Å². The Morgan fingerprint density at radius 3 is 2.36 bits per heavy atom. The number of hydrogen-bond acceptors (Lipinski definition) is 2. The van der Waals surface area contributed by atoms with Crippen molar-refractivity contribution >= 4 is 17.5 Å². The van der Waals surface area contributed by atoms with Gasteiger partial charge in [0.05, 0.1) is 17.5 Å². The van der Waals surface area contributed by atoms with E-state index in [2.05, 4.69) is 26.1 Å². The third-order valence-corrected chi connectivity index (χ3v) is 6.83. The maximum Gasteiger partial charge on any atom is 0.257 e. The van der Waals surface area contributed by atoms with Gasteiger partial charge in [0.2, 0.25) is 5.91 Å². The lowest BCUT2D eigenvalue weighted by Gasteiger charge is -2.41. The lowest BCUT2D eigenvalue weighted by molar-refractivity contribution is -0.123. The first-order valence-electron chi connectivity index (χ1n) is 12.3. The number of aryl methyl sites for hydroxylation is 1. The van der Waals surface area contributed by atoms with Crippen molar-refractivity contribution < 1.29 is 18.4 Å². The van der Waals surface area contributed by atoms with E-state index >= 15 is 0 Å². The molecule has 0 bridgehead atoms. The molecular formula is C30H32F2N2O2. The maximum absolute atomic E-state index is 14.8. The minimum atomic E-state index is -0.894. The summed E-state index contributed by atoms with van der Waals surface area (Å²) >= 11 is 0. The van der Waals surface area contributed by atoms with Crippen LogP contribution in [0.25, 0.3) is 0 Å². The van der Waals surface area contributed by atoms with Gasteiger partial charge >= 0.3 is 0 Å². The zero-order chi connectivity index (χ0) is 26.0. The second-order valence-corrected chi connectivity index (χ2v) is 10.5. The molecule has 1 aliphatic rings. The SMILES string of the molecule is Cc1cc(F)cc(F)c1C(=O)N1CCC[C@H](C(=O)Nc2cccc(C(C)(C)C)c2)C1c1ccccc1. The molecule has 0 radical (unpaired) electrons. The molecule has 1 N–H and O–H groups in total. The number of nitrogens with one attached hydrogen (secondary N) is 1. The number of likely N-dealkylation sites (tertiary alicyclic amines) is 1. The fourth-order valence-electron chi connectivity index (χ4n) is 4.98. The van der Waals surface area contributed by atoms with Gasteiger partial charge in [-0.2, -0.15) is 0 Å². The average Bonchev–Trinajstić information content (AvgIpc) is 2.83. The summed E-state index contributed by atoms with van der Waals surface area (Å²) in [4.78, 5) is 28.8. The molecule has 0 aromatic heterocycles. The number of hydrogen-bond donors (Lipinski definition) is 1. The third kappa shape index (κ3) is 5.32. The number of carbonyl (C=O) groups is 2. The lowest BCUT2D eigenvalue weighted by atomic mass is 9.83. The van der Waals surface area contributed by atoms with E-state index in [0.29, 0.717) is 25.1 Å². The predicted molar refractivity (Wildman–Crippen MR) is 138 cm³/mol. The zero-order valence-corrected chi connectivity index (χ0v) is 21.1. The summed E-state index contributed by atoms with van der Waals surface area (Å²) < 4.78 is 28.5. The average molecular weight is 491 g/mol. The molecule has 3 aromatic rings. The van der Waals surface area contributed by atoms with E-state index in [0.717, 1.165) is 23.3 Å². The Bertz CT molecular complexity index is 1240. The van der Waals surface area contributed by atoms with E-state index in [1.807, 2.05) is 54.6 Å². The van der Waals surface area contributed by atoms with Gasteiger partial charge in [-0.15, -0.1) is 0 Å². The summed E-state index contributed by atoms with van der Waals surface area (Å²) in [6.07, 6.45) is 1.18. The standard InChI is InChI=1S/C30H32F2N2O2/c1-19-16-22(31)18-25(32)26(19)29(36)34-15-9-14-24(27(34)20-10-6-5-7-11-20)28(35)33-23-13-8-12-21(17-23)30(2,3)4/h5-8,10-13,16-18,24,27H,9,14-15H2,1-4H3,(H,33,35)/t24-,27?/m0/s1. The summed E-state index contributed by atoms with van der Waals surface area (Å²) in [7, 11) is 0. The topological polar surface area (TPSA) is 49.4 Å². The molecule has 4 rings (SSSR count). The smallest absolute Gasteiger partial charge is 0.257 e. The van der Waals surface area contributed by atoms with Crippen molar-refractivity contribution in [2.24, 2.45) is 5.92 Å². The number of nitrogens with zero attached hydrogens (tertiary/aromatic N) is 1. The number of rotatable bonds is 4. The van der Waals surface area contributed by atoms with E-state index < -0.39 is 29.5 Å². The van der Waals surface area contributed by atoms with Crippen LogP contribution in [0.15, 0.2) is 66.7 Å². The van der Waals surface area contributed by atoms with Crippen molar-refractivity contribution in [1.82, 2.24) is 4.90 Å². The van der Waals surface area contributed by atoms with Gasteiger partial charge in [0.25, 0.3) is 5.91 Å². The first-order chi connectivity index (χ1) is 17.1. The molecule has 3 aromatic carbocycles. The molecule has 0 spiro atoms. The summed E-state index contributed by atoms with van der Waals surface area (Å²) in [5, 5.41) is 3.05. The molecule has 188 valence electrons. The van der Waals surface area contributed by atoms with Crippen LogP contribution in [0.4, 0.5) is 14.5 Å². The van der Waals surface area contributed by atoms with Gasteiger partial charge in [0.15, 0.2) is 0 Å². The molecular weight excluding hydrogens is 458 g/mol. The number of anilines is 1. The van der Waals surface area contributed by atoms with Crippen LogP contribution in [-0.4, -0.2) is 23.3 Å². The number of halogens is 2. The number of amides is 2. The molecule has 0 aliphatic carbocycles. The van der Waals surface area contributed by atoms with Crippen LogP contribution in [0, 0.1) is 24.5 Å². The third-order valence-electron chi connectivity index (χ3n) is 6.83. The minimum absolute atomic E-state index is 0.0710. The highest BCUT2D eigenvalue weighted by Crippen LogP contribution is 2.38. The Balaban J connectivity index is 1.69. The second-order valence-electron chi connectivity index (χ2n) is 10.5. The first-order valence-corrected chi connectivity index (χ1v) is 12.3. The van der Waals surface area contributed by atoms with Crippen LogP contribution in [0.3, 0.4) is 0 Å². The lowest BCUT2D eigenvalue weighted by Crippen LogP contribution is -2.46. The predicted octanol–water partition coefficient (Wildman–Crippen LogP) is 6.80. The molecule has 4 nitrogen and oxygen atoms in total. The van der Waals surface area contributed by atoms with E-state index in [-0.39, 0.29) is 22.4 Å². The fraction of sp³-hybridized carbons (Fsp3) is 0.333. The first kappa shape index (κ1) is 25.5. The summed E-state index contributed by atoms with van der Waals surface area (Å²) in [5.74, 6) is -2.88. The zero-order valence-electron chi connectivity index (χ0n) is 21.1. The molecule has 1 heterocycles. The highest BCUT2D eigenvalue weighted by Gasteiger charge is 2.40. The van der Waals surface area contributed by atoms with Crippen LogP contribution >= 0.6 is 0 Å².